The van der Waals surface area contributed by atoms with Gasteiger partial charge < -0.3 is 9.64 Å². The maximum atomic E-state index is 14.0. The Balaban J connectivity index is 1.24. The summed E-state index contributed by atoms with van der Waals surface area (Å²) in [5, 5.41) is 2.24. The number of aromatic nitrogens is 2. The van der Waals surface area contributed by atoms with Crippen LogP contribution in [-0.2, 0) is 10.8 Å². The molecule has 4 unspecified atom stereocenters. The molecule has 8 rings (SSSR count). The van der Waals surface area contributed by atoms with Gasteiger partial charge >= 0.3 is 6.03 Å². The standard InChI is InChI=1S/C40H44N4O2/c1-39(2,3)26-16-17-41-35(21-26)44-33-11-9-8-10-31(33)32-15-14-29(23-34(32)44)46-30-20-27(40(4,5)6)19-28(22-30)43-37-25-13-12-24(18-25)36(37)42(7)38(43)45/h8-11,14-17,19-25,36-37H,12-13,18H2,1-7H3/i7D3. The lowest BCUT2D eigenvalue weighted by Gasteiger charge is -2.31. The van der Waals surface area contributed by atoms with Crippen molar-refractivity contribution in [3.05, 3.63) is 90.1 Å². The zero-order chi connectivity index (χ0) is 34.6. The van der Waals surface area contributed by atoms with Gasteiger partial charge in [0.25, 0.3) is 0 Å². The second-order valence-electron chi connectivity index (χ2n) is 15.6. The summed E-state index contributed by atoms with van der Waals surface area (Å²) in [5.74, 6) is 2.64. The Morgan fingerprint density at radius 2 is 1.52 bits per heavy atom. The summed E-state index contributed by atoms with van der Waals surface area (Å²) in [5.41, 5.74) is 4.69. The summed E-state index contributed by atoms with van der Waals surface area (Å²) in [4.78, 5) is 21.8. The van der Waals surface area contributed by atoms with E-state index in [1.807, 2.05) is 30.5 Å². The van der Waals surface area contributed by atoms with E-state index >= 15 is 0 Å². The molecule has 1 saturated heterocycles. The number of likely N-dealkylation sites (N-methyl/N-ethyl adjacent to an activating group) is 1. The van der Waals surface area contributed by atoms with Crippen LogP contribution >= 0.6 is 0 Å². The van der Waals surface area contributed by atoms with E-state index in [1.165, 1.54) is 10.5 Å². The third-order valence-electron chi connectivity index (χ3n) is 10.6. The van der Waals surface area contributed by atoms with E-state index in [0.29, 0.717) is 23.1 Å². The number of anilines is 1. The molecule has 236 valence electrons. The van der Waals surface area contributed by atoms with Crippen LogP contribution in [0.5, 0.6) is 11.5 Å². The molecular weight excluding hydrogens is 568 g/mol. The molecule has 1 aliphatic heterocycles. The smallest absolute Gasteiger partial charge is 0.324 e. The highest BCUT2D eigenvalue weighted by atomic mass is 16.5. The minimum absolute atomic E-state index is 0.0319. The number of urea groups is 1. The molecule has 2 aromatic heterocycles. The topological polar surface area (TPSA) is 50.6 Å². The molecule has 0 spiro atoms. The molecule has 46 heavy (non-hydrogen) atoms. The van der Waals surface area contributed by atoms with Crippen LogP contribution in [-0.4, -0.2) is 39.5 Å². The van der Waals surface area contributed by atoms with Crippen LogP contribution in [0.1, 0.15) is 76.0 Å². The van der Waals surface area contributed by atoms with Gasteiger partial charge in [-0.1, -0.05) is 59.7 Å². The van der Waals surface area contributed by atoms with Crippen LogP contribution in [0.25, 0.3) is 27.6 Å². The van der Waals surface area contributed by atoms with Crippen molar-refractivity contribution in [1.29, 1.82) is 0 Å². The average Bonchev–Trinajstić information content (AvgIpc) is 3.78. The van der Waals surface area contributed by atoms with Crippen molar-refractivity contribution in [2.24, 2.45) is 11.8 Å². The summed E-state index contributed by atoms with van der Waals surface area (Å²) in [6, 6.07) is 23.9. The maximum Gasteiger partial charge on any atom is 0.324 e. The van der Waals surface area contributed by atoms with E-state index in [0.717, 1.165) is 52.4 Å². The first kappa shape index (κ1) is 25.8. The van der Waals surface area contributed by atoms with E-state index in [9.17, 15) is 4.79 Å². The quantitative estimate of drug-likeness (QED) is 0.202. The number of hydrogen-bond donors (Lipinski definition) is 0. The number of nitrogens with zero attached hydrogens (tertiary/aromatic N) is 4. The molecule has 2 amide bonds. The first-order valence-electron chi connectivity index (χ1n) is 18.1. The van der Waals surface area contributed by atoms with E-state index in [1.54, 1.807) is 4.90 Å². The van der Waals surface area contributed by atoms with Gasteiger partial charge in [0.1, 0.15) is 17.3 Å². The number of fused-ring (bicyclic) bond motifs is 8. The monoisotopic (exact) mass is 615 g/mol. The van der Waals surface area contributed by atoms with Crippen LogP contribution in [0.3, 0.4) is 0 Å². The minimum atomic E-state index is -2.49. The van der Waals surface area contributed by atoms with E-state index in [4.69, 9.17) is 13.8 Å². The highest BCUT2D eigenvalue weighted by Gasteiger charge is 2.58. The molecule has 5 aromatic rings. The van der Waals surface area contributed by atoms with E-state index < -0.39 is 13.0 Å². The lowest BCUT2D eigenvalue weighted by atomic mass is 9.86. The Labute approximate surface area is 276 Å². The number of pyridine rings is 1. The molecule has 4 atom stereocenters. The van der Waals surface area contributed by atoms with Gasteiger partial charge in [0.2, 0.25) is 0 Å². The molecule has 0 radical (unpaired) electrons. The summed E-state index contributed by atoms with van der Waals surface area (Å²) >= 11 is 0. The summed E-state index contributed by atoms with van der Waals surface area (Å²) < 4.78 is 33.7. The first-order chi connectivity index (χ1) is 23.1. The van der Waals surface area contributed by atoms with Crippen molar-refractivity contribution < 1.29 is 13.6 Å². The number of carbonyl (C=O) groups excluding carboxylic acids is 1. The second kappa shape index (κ2) is 10.1. The van der Waals surface area contributed by atoms with Gasteiger partial charge in [0.15, 0.2) is 0 Å². The average molecular weight is 616 g/mol. The van der Waals surface area contributed by atoms with Gasteiger partial charge in [0, 0.05) is 45.9 Å². The molecule has 2 saturated carbocycles. The Morgan fingerprint density at radius 3 is 2.28 bits per heavy atom. The second-order valence-corrected chi connectivity index (χ2v) is 15.6. The van der Waals surface area contributed by atoms with Crippen LogP contribution in [0.2, 0.25) is 0 Å². The number of para-hydroxylation sites is 1. The molecule has 3 fully saturated rings. The van der Waals surface area contributed by atoms with Crippen molar-refractivity contribution in [2.45, 2.75) is 83.7 Å². The Bertz CT molecular complexity index is 2120. The first-order valence-corrected chi connectivity index (χ1v) is 16.6. The molecule has 6 nitrogen and oxygen atoms in total. The fourth-order valence-electron chi connectivity index (χ4n) is 8.23. The van der Waals surface area contributed by atoms with Crippen LogP contribution < -0.4 is 9.64 Å². The van der Waals surface area contributed by atoms with Crippen LogP contribution in [0.4, 0.5) is 10.5 Å². The Kier molecular flexibility index (Phi) is 5.66. The van der Waals surface area contributed by atoms with Gasteiger partial charge in [-0.05, 0) is 95.5 Å². The maximum absolute atomic E-state index is 14.0. The van der Waals surface area contributed by atoms with E-state index in [-0.39, 0.29) is 28.8 Å². The number of rotatable bonds is 4. The lowest BCUT2D eigenvalue weighted by Crippen LogP contribution is -2.41. The largest absolute Gasteiger partial charge is 0.457 e. The van der Waals surface area contributed by atoms with Crippen molar-refractivity contribution in [3.63, 3.8) is 0 Å². The highest BCUT2D eigenvalue weighted by molar-refractivity contribution is 6.09. The van der Waals surface area contributed by atoms with Gasteiger partial charge in [0.05, 0.1) is 23.1 Å². The van der Waals surface area contributed by atoms with Gasteiger partial charge in [-0.25, -0.2) is 9.78 Å². The summed E-state index contributed by atoms with van der Waals surface area (Å²) in [6.45, 7) is 10.5. The highest BCUT2D eigenvalue weighted by Crippen LogP contribution is 2.53. The zero-order valence-corrected chi connectivity index (χ0v) is 27.5. The normalized spacial score (nSPS) is 24.0. The number of hydrogen-bond acceptors (Lipinski definition) is 3. The zero-order valence-electron chi connectivity index (χ0n) is 30.5. The number of carbonyl (C=O) groups is 1. The van der Waals surface area contributed by atoms with E-state index in [2.05, 4.69) is 94.6 Å². The summed E-state index contributed by atoms with van der Waals surface area (Å²) in [7, 11) is 0. The van der Waals surface area contributed by atoms with Gasteiger partial charge in [-0.15, -0.1) is 0 Å². The molecule has 3 aliphatic rings. The number of ether oxygens (including phenoxy) is 1. The summed E-state index contributed by atoms with van der Waals surface area (Å²) in [6.07, 6.45) is 4.85. The Hall–Kier alpha value is -4.32. The van der Waals surface area contributed by atoms with Crippen LogP contribution in [0, 0.1) is 11.8 Å². The molecular formula is C40H44N4O2. The fourth-order valence-corrected chi connectivity index (χ4v) is 8.23. The minimum Gasteiger partial charge on any atom is -0.457 e. The molecule has 2 aliphatic carbocycles. The number of benzene rings is 3. The third kappa shape index (κ3) is 4.51. The van der Waals surface area contributed by atoms with Crippen LogP contribution in [0.15, 0.2) is 79.0 Å². The molecule has 3 heterocycles. The predicted octanol–water partition coefficient (Wildman–Crippen LogP) is 9.60. The van der Waals surface area contributed by atoms with Crippen molar-refractivity contribution in [3.8, 4) is 17.3 Å². The predicted molar refractivity (Wildman–Crippen MR) is 187 cm³/mol. The number of amides is 2. The van der Waals surface area contributed by atoms with Gasteiger partial charge in [-0.3, -0.25) is 9.47 Å². The lowest BCUT2D eigenvalue weighted by molar-refractivity contribution is 0.200. The third-order valence-corrected chi connectivity index (χ3v) is 10.6. The molecule has 2 bridgehead atoms. The molecule has 0 N–H and O–H groups in total. The fraction of sp³-hybridized carbons (Fsp3) is 0.400. The molecule has 3 aromatic carbocycles. The van der Waals surface area contributed by atoms with Gasteiger partial charge in [-0.2, -0.15) is 0 Å². The van der Waals surface area contributed by atoms with Crippen molar-refractivity contribution >= 4 is 33.5 Å². The van der Waals surface area contributed by atoms with Crippen molar-refractivity contribution in [1.82, 2.24) is 14.5 Å². The SMILES string of the molecule is [2H]C([2H])([2H])N1C(=O)N(c2cc(Oc3ccc4c5ccccc5n(-c5cc(C(C)(C)C)ccn5)c4c3)cc(C(C)(C)C)c2)C2C3CCC(C3)C21. The molecule has 6 heteroatoms. The van der Waals surface area contributed by atoms with Crippen molar-refractivity contribution in [2.75, 3.05) is 11.9 Å². The Morgan fingerprint density at radius 1 is 0.783 bits per heavy atom.